The van der Waals surface area contributed by atoms with Crippen LogP contribution in [0.1, 0.15) is 74.5 Å². The van der Waals surface area contributed by atoms with Crippen molar-refractivity contribution in [2.24, 2.45) is 7.05 Å². The van der Waals surface area contributed by atoms with Crippen LogP contribution in [0.3, 0.4) is 0 Å². The molecule has 1 fully saturated rings. The molecule has 0 aliphatic heterocycles. The van der Waals surface area contributed by atoms with Crippen molar-refractivity contribution in [3.8, 4) is 23.0 Å². The highest BCUT2D eigenvalue weighted by Gasteiger charge is 2.64. The van der Waals surface area contributed by atoms with Crippen LogP contribution in [0.4, 0.5) is 39.9 Å². The van der Waals surface area contributed by atoms with Crippen molar-refractivity contribution in [3.05, 3.63) is 52.4 Å². The molecule has 0 bridgehead atoms. The molecule has 2 aromatic heterocycles. The third-order valence-electron chi connectivity index (χ3n) is 8.01. The number of aromatic nitrogens is 4. The molecule has 4 rings (SSSR count). The van der Waals surface area contributed by atoms with Crippen molar-refractivity contribution in [2.75, 3.05) is 19.9 Å². The van der Waals surface area contributed by atoms with Crippen molar-refractivity contribution in [1.29, 1.82) is 5.26 Å². The van der Waals surface area contributed by atoms with E-state index in [1.165, 1.54) is 12.1 Å². The summed E-state index contributed by atoms with van der Waals surface area (Å²) in [6.45, 7) is 3.77. The Balaban J connectivity index is 1.45. The molecule has 0 N–H and O–H groups in total. The molecule has 1 aliphatic rings. The molecule has 0 atom stereocenters. The number of nitrogens with zero attached hydrogens (tertiary/aromatic N) is 6. The number of carbonyl (C=O) groups is 4. The van der Waals surface area contributed by atoms with E-state index in [2.05, 4.69) is 10.2 Å². The number of ether oxygens (including phenoxy) is 4. The van der Waals surface area contributed by atoms with Gasteiger partial charge in [0.05, 0.1) is 48.9 Å². The monoisotopic (exact) mass is 840 g/mol. The number of nitriles is 1. The molecule has 57 heavy (non-hydrogen) atoms. The van der Waals surface area contributed by atoms with E-state index in [-0.39, 0.29) is 71.7 Å². The first-order valence-corrected chi connectivity index (χ1v) is 17.0. The van der Waals surface area contributed by atoms with Gasteiger partial charge in [-0.2, -0.15) is 50.6 Å². The Bertz CT molecular complexity index is 2050. The van der Waals surface area contributed by atoms with E-state index in [1.54, 1.807) is 20.8 Å². The fourth-order valence-corrected chi connectivity index (χ4v) is 5.36. The van der Waals surface area contributed by atoms with Gasteiger partial charge in [0, 0.05) is 25.2 Å². The Morgan fingerprint density at radius 2 is 1.58 bits per heavy atom. The van der Waals surface area contributed by atoms with Gasteiger partial charge >= 0.3 is 36.4 Å². The van der Waals surface area contributed by atoms with E-state index in [9.17, 15) is 59.6 Å². The summed E-state index contributed by atoms with van der Waals surface area (Å²) in [7, 11) is 0.714. The van der Waals surface area contributed by atoms with Gasteiger partial charge in [-0.1, -0.05) is 17.7 Å². The minimum Gasteiger partial charge on any atom is -0.466 e. The smallest absolute Gasteiger partial charge is 0.466 e. The first-order valence-electron chi connectivity index (χ1n) is 16.7. The van der Waals surface area contributed by atoms with Crippen molar-refractivity contribution in [1.82, 2.24) is 24.5 Å². The van der Waals surface area contributed by atoms with Gasteiger partial charge in [-0.15, -0.1) is 0 Å². The van der Waals surface area contributed by atoms with E-state index in [0.29, 0.717) is 11.7 Å². The Morgan fingerprint density at radius 3 is 2.16 bits per heavy atom. The zero-order valence-corrected chi connectivity index (χ0v) is 31.2. The van der Waals surface area contributed by atoms with Gasteiger partial charge in [-0.3, -0.25) is 19.3 Å². The van der Waals surface area contributed by atoms with Gasteiger partial charge in [0.25, 0.3) is 5.91 Å². The molecule has 0 unspecified atom stereocenters. The zero-order valence-electron chi connectivity index (χ0n) is 30.4. The molecular weight excluding hydrogens is 808 g/mol. The van der Waals surface area contributed by atoms with Crippen molar-refractivity contribution < 1.29 is 73.2 Å². The van der Waals surface area contributed by atoms with Crippen LogP contribution in [-0.4, -0.2) is 85.7 Å². The summed E-state index contributed by atoms with van der Waals surface area (Å²) in [5.41, 5.74) is -7.38. The zero-order chi connectivity index (χ0) is 42.7. The number of carbonyl (C=O) groups excluding carboxylic acids is 4. The Kier molecular flexibility index (Phi) is 12.9. The van der Waals surface area contributed by atoms with Crippen LogP contribution >= 0.6 is 11.6 Å². The van der Waals surface area contributed by atoms with Gasteiger partial charge in [0.15, 0.2) is 18.2 Å². The maximum Gasteiger partial charge on any atom is 0.510 e. The average Bonchev–Trinajstić information content (AvgIpc) is 3.56. The lowest BCUT2D eigenvalue weighted by molar-refractivity contribution is -0.292. The first-order chi connectivity index (χ1) is 26.3. The third-order valence-corrected chi connectivity index (χ3v) is 8.34. The standard InChI is InChI=1S/C34H33ClF8N6O8/c1-30(2,3)57-24(51)9-8-23(50)54-12-5-13-55-29(53)56-18-48(31(17-44)10-11-31)28(52)21-14-19(6-7-22(21)35)20-15-45-49(16-20)27-25(33(38,39)40)26(46-47(27)4)32(36,37)34(41,42)43/h6-7,14-16H,5,8-13,18H2,1-4H3. The van der Waals surface area contributed by atoms with Gasteiger partial charge < -0.3 is 18.9 Å². The van der Waals surface area contributed by atoms with Crippen LogP contribution in [0, 0.1) is 11.3 Å². The highest BCUT2D eigenvalue weighted by atomic mass is 35.5. The number of aryl methyl sites for hydroxylation is 1. The maximum atomic E-state index is 14.2. The normalized spacial score (nSPS) is 14.0. The molecule has 310 valence electrons. The molecule has 0 spiro atoms. The lowest BCUT2D eigenvalue weighted by atomic mass is 10.0. The molecule has 1 aliphatic carbocycles. The summed E-state index contributed by atoms with van der Waals surface area (Å²) < 4.78 is 130. The fourth-order valence-electron chi connectivity index (χ4n) is 5.16. The summed E-state index contributed by atoms with van der Waals surface area (Å²) in [5, 5.41) is 16.2. The van der Waals surface area contributed by atoms with E-state index >= 15 is 0 Å². The molecule has 23 heteroatoms. The van der Waals surface area contributed by atoms with E-state index in [0.717, 1.165) is 23.4 Å². The quantitative estimate of drug-likeness (QED) is 0.0527. The molecule has 0 saturated heterocycles. The Labute approximate surface area is 323 Å². The lowest BCUT2D eigenvalue weighted by Crippen LogP contribution is -2.43. The minimum absolute atomic E-state index is 0.0380. The molecule has 0 radical (unpaired) electrons. The predicted molar refractivity (Wildman–Crippen MR) is 177 cm³/mol. The van der Waals surface area contributed by atoms with Crippen LogP contribution < -0.4 is 0 Å². The maximum absolute atomic E-state index is 14.2. The summed E-state index contributed by atoms with van der Waals surface area (Å²) in [4.78, 5) is 50.6. The molecule has 2 heterocycles. The minimum atomic E-state index is -6.41. The number of benzene rings is 1. The first kappa shape index (κ1) is 44.3. The van der Waals surface area contributed by atoms with Gasteiger partial charge in [-0.25, -0.2) is 14.2 Å². The van der Waals surface area contributed by atoms with E-state index in [1.807, 2.05) is 6.07 Å². The third kappa shape index (κ3) is 10.5. The van der Waals surface area contributed by atoms with Crippen LogP contribution in [0.2, 0.25) is 5.02 Å². The molecule has 1 aromatic carbocycles. The molecule has 1 saturated carbocycles. The number of halogens is 9. The van der Waals surface area contributed by atoms with Crippen LogP contribution in [0.15, 0.2) is 30.6 Å². The Morgan fingerprint density at radius 1 is 0.947 bits per heavy atom. The number of hydrogen-bond acceptors (Lipinski definition) is 11. The summed E-state index contributed by atoms with van der Waals surface area (Å²) in [6, 6.07) is 5.63. The SMILES string of the molecule is Cn1nc(C(F)(F)C(F)(F)F)c(C(F)(F)F)c1-n1cc(-c2ccc(Cl)c(C(=O)N(COC(=O)OCCCOC(=O)CCC(=O)OC(C)(C)C)C3(C#N)CC3)c2)cn1. The van der Waals surface area contributed by atoms with Crippen molar-refractivity contribution in [3.63, 3.8) is 0 Å². The van der Waals surface area contributed by atoms with Crippen molar-refractivity contribution >= 4 is 35.6 Å². The molecule has 3 aromatic rings. The van der Waals surface area contributed by atoms with Crippen LogP contribution in [-0.2, 0) is 47.7 Å². The highest BCUT2D eigenvalue weighted by molar-refractivity contribution is 6.34. The molecule has 14 nitrogen and oxygen atoms in total. The van der Waals surface area contributed by atoms with Crippen LogP contribution in [0.25, 0.3) is 16.9 Å². The number of esters is 2. The van der Waals surface area contributed by atoms with Crippen LogP contribution in [0.5, 0.6) is 0 Å². The largest absolute Gasteiger partial charge is 0.510 e. The summed E-state index contributed by atoms with van der Waals surface area (Å²) in [6.07, 6.45) is -11.6. The Hall–Kier alpha value is -5.46. The number of rotatable bonds is 14. The molecular formula is C34H33ClF8N6O8. The second kappa shape index (κ2) is 16.6. The second-order valence-corrected chi connectivity index (χ2v) is 13.9. The van der Waals surface area contributed by atoms with Gasteiger partial charge in [0.1, 0.15) is 16.7 Å². The highest BCUT2D eigenvalue weighted by Crippen LogP contribution is 2.49. The van der Waals surface area contributed by atoms with E-state index < -0.39 is 77.2 Å². The average molecular weight is 841 g/mol. The van der Waals surface area contributed by atoms with Crippen molar-refractivity contribution in [2.45, 2.75) is 82.3 Å². The predicted octanol–water partition coefficient (Wildman–Crippen LogP) is 7.26. The van der Waals surface area contributed by atoms with Gasteiger partial charge in [0.2, 0.25) is 0 Å². The number of amides is 1. The number of alkyl halides is 8. The van der Waals surface area contributed by atoms with Gasteiger partial charge in [-0.05, 0) is 51.3 Å². The number of hydrogen-bond donors (Lipinski definition) is 0. The lowest BCUT2D eigenvalue weighted by Gasteiger charge is -2.27. The fraction of sp³-hybridized carbons (Fsp3) is 0.500. The topological polar surface area (TPSA) is 168 Å². The van der Waals surface area contributed by atoms with E-state index in [4.69, 9.17) is 30.5 Å². The molecule has 1 amide bonds. The summed E-state index contributed by atoms with van der Waals surface area (Å²) in [5.74, 6) is -9.44. The summed E-state index contributed by atoms with van der Waals surface area (Å²) >= 11 is 6.31. The second-order valence-electron chi connectivity index (χ2n) is 13.5.